The van der Waals surface area contributed by atoms with Crippen molar-refractivity contribution >= 4 is 17.7 Å². The molecule has 2 fully saturated rings. The summed E-state index contributed by atoms with van der Waals surface area (Å²) >= 11 is 0. The molecule has 5 nitrogen and oxygen atoms in total. The molecule has 3 amide bonds. The molecule has 1 N–H and O–H groups in total. The van der Waals surface area contributed by atoms with Crippen LogP contribution in [0.2, 0.25) is 0 Å². The molecule has 1 aromatic rings. The monoisotopic (exact) mass is 310 g/mol. The van der Waals surface area contributed by atoms with Crippen LogP contribution < -0.4 is 5.32 Å². The van der Waals surface area contributed by atoms with Crippen LogP contribution in [0.15, 0.2) is 42.5 Å². The van der Waals surface area contributed by atoms with E-state index in [9.17, 15) is 14.4 Å². The molecular weight excluding hydrogens is 292 g/mol. The van der Waals surface area contributed by atoms with Gasteiger partial charge in [-0.05, 0) is 23.8 Å². The number of rotatable bonds is 4. The number of hydrogen-bond acceptors (Lipinski definition) is 3. The van der Waals surface area contributed by atoms with E-state index in [-0.39, 0.29) is 47.9 Å². The predicted molar refractivity (Wildman–Crippen MR) is 82.7 cm³/mol. The molecule has 3 aliphatic rings. The average molecular weight is 310 g/mol. The maximum Gasteiger partial charge on any atom is 0.240 e. The molecule has 1 saturated heterocycles. The van der Waals surface area contributed by atoms with Crippen LogP contribution in [-0.2, 0) is 20.9 Å². The molecule has 0 radical (unpaired) electrons. The fraction of sp³-hybridized carbons (Fsp3) is 0.389. The van der Waals surface area contributed by atoms with E-state index in [0.717, 1.165) is 16.9 Å². The maximum absolute atomic E-state index is 12.5. The third-order valence-electron chi connectivity index (χ3n) is 5.20. The second kappa shape index (κ2) is 5.33. The molecule has 4 atom stereocenters. The quantitative estimate of drug-likeness (QED) is 0.669. The number of carbonyl (C=O) groups excluding carboxylic acids is 3. The van der Waals surface area contributed by atoms with E-state index < -0.39 is 0 Å². The van der Waals surface area contributed by atoms with Gasteiger partial charge in [-0.25, -0.2) is 0 Å². The van der Waals surface area contributed by atoms with Crippen molar-refractivity contribution in [1.82, 2.24) is 10.2 Å². The van der Waals surface area contributed by atoms with Crippen LogP contribution in [0.25, 0.3) is 0 Å². The number of nitrogens with zero attached hydrogens (tertiary/aromatic N) is 1. The third kappa shape index (κ3) is 2.27. The normalized spacial score (nSPS) is 30.9. The second-order valence-electron chi connectivity index (χ2n) is 6.52. The van der Waals surface area contributed by atoms with E-state index >= 15 is 0 Å². The molecule has 1 aromatic carbocycles. The van der Waals surface area contributed by atoms with Gasteiger partial charge in [-0.2, -0.15) is 0 Å². The van der Waals surface area contributed by atoms with Gasteiger partial charge in [0.25, 0.3) is 0 Å². The first-order chi connectivity index (χ1) is 11.1. The Labute approximate surface area is 134 Å². The van der Waals surface area contributed by atoms with Crippen LogP contribution in [-0.4, -0.2) is 29.2 Å². The minimum atomic E-state index is -0.296. The molecule has 2 bridgehead atoms. The zero-order valence-corrected chi connectivity index (χ0v) is 12.6. The zero-order valence-electron chi connectivity index (χ0n) is 12.6. The van der Waals surface area contributed by atoms with Gasteiger partial charge in [0, 0.05) is 6.54 Å². The average Bonchev–Trinajstić information content (AvgIpc) is 3.24. The fourth-order valence-electron chi connectivity index (χ4n) is 4.12. The summed E-state index contributed by atoms with van der Waals surface area (Å²) in [4.78, 5) is 38.2. The summed E-state index contributed by atoms with van der Waals surface area (Å²) in [5.74, 6) is -0.759. The first-order valence-corrected chi connectivity index (χ1v) is 7.99. The topological polar surface area (TPSA) is 66.5 Å². The summed E-state index contributed by atoms with van der Waals surface area (Å²) in [6, 6.07) is 9.55. The highest BCUT2D eigenvalue weighted by atomic mass is 16.2. The summed E-state index contributed by atoms with van der Waals surface area (Å²) in [6.45, 7) is 0.229. The number of nitrogens with one attached hydrogen (secondary N) is 1. The van der Waals surface area contributed by atoms with Crippen LogP contribution >= 0.6 is 0 Å². The van der Waals surface area contributed by atoms with Gasteiger partial charge in [-0.1, -0.05) is 42.5 Å². The molecule has 5 heteroatoms. The number of amides is 3. The fourth-order valence-corrected chi connectivity index (χ4v) is 4.12. The molecule has 2 aliphatic carbocycles. The first kappa shape index (κ1) is 14.2. The molecule has 4 rings (SSSR count). The predicted octanol–water partition coefficient (Wildman–Crippen LogP) is 1.11. The maximum atomic E-state index is 12.5. The summed E-state index contributed by atoms with van der Waals surface area (Å²) in [6.07, 6.45) is 5.01. The Morgan fingerprint density at radius 3 is 2.26 bits per heavy atom. The standard InChI is InChI=1S/C18H18N2O3/c21-14(19-9-11-4-2-1-3-5-11)10-20-17(22)15-12-6-7-13(8-12)16(15)18(20)23/h1-7,12-13,15-16H,8-10H2,(H,19,21)/t12-,13-,15-,16-/m0/s1. The van der Waals surface area contributed by atoms with Gasteiger partial charge in [0.15, 0.2) is 0 Å². The van der Waals surface area contributed by atoms with E-state index in [1.165, 1.54) is 0 Å². The zero-order chi connectivity index (χ0) is 16.0. The van der Waals surface area contributed by atoms with E-state index in [2.05, 4.69) is 17.5 Å². The molecule has 0 unspecified atom stereocenters. The van der Waals surface area contributed by atoms with Crippen molar-refractivity contribution in [2.45, 2.75) is 13.0 Å². The van der Waals surface area contributed by atoms with Crippen LogP contribution in [0.4, 0.5) is 0 Å². The Morgan fingerprint density at radius 1 is 1.04 bits per heavy atom. The van der Waals surface area contributed by atoms with E-state index in [1.807, 2.05) is 30.3 Å². The number of carbonyl (C=O) groups is 3. The molecule has 1 heterocycles. The van der Waals surface area contributed by atoms with Crippen molar-refractivity contribution in [2.24, 2.45) is 23.7 Å². The molecule has 118 valence electrons. The summed E-state index contributed by atoms with van der Waals surface area (Å²) in [5.41, 5.74) is 0.985. The second-order valence-corrected chi connectivity index (χ2v) is 6.52. The molecule has 0 spiro atoms. The van der Waals surface area contributed by atoms with Gasteiger partial charge < -0.3 is 5.32 Å². The van der Waals surface area contributed by atoms with Crippen molar-refractivity contribution in [2.75, 3.05) is 6.54 Å². The Hall–Kier alpha value is -2.43. The van der Waals surface area contributed by atoms with Crippen LogP contribution in [0.5, 0.6) is 0 Å². The summed E-state index contributed by atoms with van der Waals surface area (Å²) in [5, 5.41) is 2.77. The SMILES string of the molecule is O=C(CN1C(=O)[C@@H]2[C@@H](C1=O)[C@H]1C=C[C@H]2C1)NCc1ccccc1. The van der Waals surface area contributed by atoms with Crippen molar-refractivity contribution in [3.63, 3.8) is 0 Å². The highest BCUT2D eigenvalue weighted by molar-refractivity contribution is 6.08. The van der Waals surface area contributed by atoms with Crippen LogP contribution in [0.1, 0.15) is 12.0 Å². The number of fused-ring (bicyclic) bond motifs is 5. The minimum Gasteiger partial charge on any atom is -0.350 e. The van der Waals surface area contributed by atoms with E-state index in [1.54, 1.807) is 0 Å². The highest BCUT2D eigenvalue weighted by Gasteiger charge is 2.59. The van der Waals surface area contributed by atoms with Gasteiger partial charge in [0.2, 0.25) is 17.7 Å². The largest absolute Gasteiger partial charge is 0.350 e. The van der Waals surface area contributed by atoms with Gasteiger partial charge in [0.05, 0.1) is 11.8 Å². The first-order valence-electron chi connectivity index (χ1n) is 7.99. The van der Waals surface area contributed by atoms with Gasteiger partial charge in [0.1, 0.15) is 6.54 Å². The minimum absolute atomic E-state index is 0.170. The Morgan fingerprint density at radius 2 is 1.65 bits per heavy atom. The summed E-state index contributed by atoms with van der Waals surface area (Å²) in [7, 11) is 0. The lowest BCUT2D eigenvalue weighted by molar-refractivity contribution is -0.144. The van der Waals surface area contributed by atoms with Crippen molar-refractivity contribution < 1.29 is 14.4 Å². The van der Waals surface area contributed by atoms with E-state index in [4.69, 9.17) is 0 Å². The molecule has 1 saturated carbocycles. The number of likely N-dealkylation sites (tertiary alicyclic amines) is 1. The lowest BCUT2D eigenvalue weighted by Crippen LogP contribution is -2.41. The molecule has 23 heavy (non-hydrogen) atoms. The Kier molecular flexibility index (Phi) is 3.29. The molecule has 1 aliphatic heterocycles. The summed E-state index contributed by atoms with van der Waals surface area (Å²) < 4.78 is 0. The van der Waals surface area contributed by atoms with Gasteiger partial charge >= 0.3 is 0 Å². The van der Waals surface area contributed by atoms with Crippen molar-refractivity contribution in [1.29, 1.82) is 0 Å². The van der Waals surface area contributed by atoms with Crippen molar-refractivity contribution in [3.05, 3.63) is 48.0 Å². The smallest absolute Gasteiger partial charge is 0.240 e. The van der Waals surface area contributed by atoms with Crippen LogP contribution in [0, 0.1) is 23.7 Å². The molecular formula is C18H18N2O3. The highest BCUT2D eigenvalue weighted by Crippen LogP contribution is 2.52. The van der Waals surface area contributed by atoms with Crippen LogP contribution in [0.3, 0.4) is 0 Å². The number of imide groups is 1. The number of benzene rings is 1. The van der Waals surface area contributed by atoms with Gasteiger partial charge in [-0.3, -0.25) is 19.3 Å². The number of allylic oxidation sites excluding steroid dienone is 2. The lowest BCUT2D eigenvalue weighted by Gasteiger charge is -2.16. The molecule has 0 aromatic heterocycles. The lowest BCUT2D eigenvalue weighted by atomic mass is 9.85. The van der Waals surface area contributed by atoms with Crippen molar-refractivity contribution in [3.8, 4) is 0 Å². The third-order valence-corrected chi connectivity index (χ3v) is 5.20. The van der Waals surface area contributed by atoms with E-state index in [0.29, 0.717) is 6.54 Å². The Balaban J connectivity index is 1.39. The number of hydrogen-bond donors (Lipinski definition) is 1. The van der Waals surface area contributed by atoms with Gasteiger partial charge in [-0.15, -0.1) is 0 Å². The Bertz CT molecular complexity index is 667.